The summed E-state index contributed by atoms with van der Waals surface area (Å²) >= 11 is 1.91. The zero-order valence-corrected chi connectivity index (χ0v) is 41.2. The van der Waals surface area contributed by atoms with E-state index in [1.165, 1.54) is 39.3 Å². The lowest BCUT2D eigenvalue weighted by Crippen LogP contribution is -2.25. The van der Waals surface area contributed by atoms with E-state index in [-0.39, 0.29) is 66.7 Å². The molecule has 23 heteroatoms. The fourth-order valence-electron chi connectivity index (χ4n) is 6.84. The van der Waals surface area contributed by atoms with Gasteiger partial charge in [-0.1, -0.05) is 85.0 Å². The lowest BCUT2D eigenvalue weighted by Gasteiger charge is -2.21. The van der Waals surface area contributed by atoms with Gasteiger partial charge >= 0.3 is 6.36 Å². The highest BCUT2D eigenvalue weighted by atomic mass is 32.2. The van der Waals surface area contributed by atoms with E-state index < -0.39 is 40.6 Å². The van der Waals surface area contributed by atoms with Crippen LogP contribution in [0.25, 0.3) is 0 Å². The molecule has 0 aromatic heterocycles. The Hall–Kier alpha value is -7.08. The fourth-order valence-corrected chi connectivity index (χ4v) is 8.56. The lowest BCUT2D eigenvalue weighted by atomic mass is 10.1. The molecule has 2 fully saturated rings. The smallest absolute Gasteiger partial charge is 0.495 e. The molecule has 4 aromatic carbocycles. The first-order chi connectivity index (χ1) is 35.0. The molecule has 4 aromatic rings. The normalized spacial score (nSPS) is 16.8. The Bertz CT molecular complexity index is 2600. The fraction of sp³-hybridized carbons (Fsp3) is 0.320. The van der Waals surface area contributed by atoms with Gasteiger partial charge < -0.3 is 42.6 Å². The highest BCUT2D eigenvalue weighted by molar-refractivity contribution is 8.15. The number of thioether (sulfide) groups is 2. The van der Waals surface area contributed by atoms with E-state index in [2.05, 4.69) is 15.4 Å². The van der Waals surface area contributed by atoms with Crippen LogP contribution in [0.3, 0.4) is 0 Å². The average molecular weight is 1060 g/mol. The van der Waals surface area contributed by atoms with E-state index in [1.54, 1.807) is 79.7 Å². The number of allylic oxidation sites excluding steroid dienone is 2. The molecule has 4 unspecified atom stereocenters. The molecule has 2 aliphatic rings. The zero-order valence-electron chi connectivity index (χ0n) is 39.6. The van der Waals surface area contributed by atoms with Gasteiger partial charge in [0.2, 0.25) is 11.8 Å². The first-order valence-corrected chi connectivity index (χ1v) is 23.8. The summed E-state index contributed by atoms with van der Waals surface area (Å²) in [5, 5.41) is 2.83. The SMILES string of the molecule is CC/C(OC=O)=C(\COC(COc1ccc(CC2SC(=O)NC2=O)cc1)c1ccccc1F)OC.CO/C(COC(COc1ccc(CC2SC(=O)NC2=O)cc1)c1cccc(OC(F)(F)F)c1)=C(/C)OC=O. The summed E-state index contributed by atoms with van der Waals surface area (Å²) in [6.07, 6.45) is -5.33. The Morgan fingerprint density at radius 2 is 1.18 bits per heavy atom. The summed E-state index contributed by atoms with van der Waals surface area (Å²) in [5.74, 6) is 0.454. The zero-order chi connectivity index (χ0) is 52.9. The molecule has 0 aliphatic carbocycles. The number of alkyl halides is 3. The lowest BCUT2D eigenvalue weighted by molar-refractivity contribution is -0.274. The van der Waals surface area contributed by atoms with Gasteiger partial charge in [-0.2, -0.15) is 0 Å². The predicted octanol–water partition coefficient (Wildman–Crippen LogP) is 8.96. The Kier molecular flexibility index (Phi) is 22.0. The van der Waals surface area contributed by atoms with Crippen LogP contribution in [0.2, 0.25) is 0 Å². The predicted molar refractivity (Wildman–Crippen MR) is 256 cm³/mol. The molecule has 0 spiro atoms. The van der Waals surface area contributed by atoms with Gasteiger partial charge in [-0.3, -0.25) is 39.4 Å². The van der Waals surface area contributed by atoms with Gasteiger partial charge in [-0.05, 0) is 78.9 Å². The molecule has 2 N–H and O–H groups in total. The number of nitrogens with one attached hydrogen (secondary N) is 2. The van der Waals surface area contributed by atoms with Crippen LogP contribution in [0.4, 0.5) is 27.2 Å². The van der Waals surface area contributed by atoms with E-state index in [0.29, 0.717) is 59.9 Å². The molecular weight excluding hydrogens is 1010 g/mol. The number of imide groups is 2. The highest BCUT2D eigenvalue weighted by Gasteiger charge is 2.33. The number of methoxy groups -OCH3 is 2. The summed E-state index contributed by atoms with van der Waals surface area (Å²) in [7, 11) is 2.78. The quantitative estimate of drug-likeness (QED) is 0.0341. The molecule has 4 atom stereocenters. The van der Waals surface area contributed by atoms with Crippen molar-refractivity contribution in [1.29, 1.82) is 0 Å². The minimum Gasteiger partial charge on any atom is -0.495 e. The van der Waals surface area contributed by atoms with E-state index in [4.69, 9.17) is 37.9 Å². The maximum Gasteiger partial charge on any atom is 0.573 e. The van der Waals surface area contributed by atoms with E-state index in [9.17, 15) is 46.3 Å². The Labute approximate surface area is 425 Å². The van der Waals surface area contributed by atoms with Gasteiger partial charge in [-0.25, -0.2) is 4.39 Å². The van der Waals surface area contributed by atoms with Crippen LogP contribution in [0, 0.1) is 5.82 Å². The summed E-state index contributed by atoms with van der Waals surface area (Å²) in [5.41, 5.74) is 2.33. The van der Waals surface area contributed by atoms with Crippen LogP contribution >= 0.6 is 23.5 Å². The Morgan fingerprint density at radius 1 is 0.658 bits per heavy atom. The number of carbonyl (C=O) groups excluding carboxylic acids is 6. The van der Waals surface area contributed by atoms with Crippen molar-refractivity contribution in [1.82, 2.24) is 10.6 Å². The van der Waals surface area contributed by atoms with Crippen LogP contribution in [0.5, 0.6) is 17.2 Å². The van der Waals surface area contributed by atoms with Crippen molar-refractivity contribution in [3.05, 3.63) is 148 Å². The van der Waals surface area contributed by atoms with Crippen LogP contribution < -0.4 is 24.8 Å². The average Bonchev–Trinajstić information content (AvgIpc) is 3.86. The van der Waals surface area contributed by atoms with E-state index in [1.807, 2.05) is 0 Å². The molecule has 73 heavy (non-hydrogen) atoms. The van der Waals surface area contributed by atoms with Crippen molar-refractivity contribution in [3.8, 4) is 17.2 Å². The largest absolute Gasteiger partial charge is 0.573 e. The van der Waals surface area contributed by atoms with Crippen LogP contribution in [-0.2, 0) is 60.4 Å². The van der Waals surface area contributed by atoms with Crippen molar-refractivity contribution in [2.75, 3.05) is 40.6 Å². The molecule has 2 saturated heterocycles. The van der Waals surface area contributed by atoms with Crippen LogP contribution in [0.15, 0.2) is 120 Å². The van der Waals surface area contributed by atoms with Gasteiger partial charge in [0.25, 0.3) is 23.4 Å². The van der Waals surface area contributed by atoms with Crippen molar-refractivity contribution in [3.63, 3.8) is 0 Å². The maximum atomic E-state index is 14.5. The molecule has 0 radical (unpaired) electrons. The van der Waals surface area contributed by atoms with Crippen molar-refractivity contribution < 1.29 is 89.0 Å². The third-order valence-corrected chi connectivity index (χ3v) is 12.5. The highest BCUT2D eigenvalue weighted by Crippen LogP contribution is 2.31. The minimum atomic E-state index is -4.87. The first kappa shape index (κ1) is 56.8. The van der Waals surface area contributed by atoms with E-state index >= 15 is 0 Å². The molecular formula is C50H50F4N2O15S2. The van der Waals surface area contributed by atoms with Gasteiger partial charge in [-0.15, -0.1) is 13.2 Å². The first-order valence-electron chi connectivity index (χ1n) is 22.0. The molecule has 0 bridgehead atoms. The molecule has 0 saturated carbocycles. The maximum absolute atomic E-state index is 14.5. The second kappa shape index (κ2) is 28.2. The number of hydrogen-bond acceptors (Lipinski definition) is 17. The van der Waals surface area contributed by atoms with Crippen LogP contribution in [0.1, 0.15) is 54.7 Å². The third kappa shape index (κ3) is 18.2. The van der Waals surface area contributed by atoms with Crippen molar-refractivity contribution in [2.45, 2.75) is 62.2 Å². The summed E-state index contributed by atoms with van der Waals surface area (Å²) < 4.78 is 100. The molecule has 17 nitrogen and oxygen atoms in total. The second-order valence-corrected chi connectivity index (χ2v) is 17.7. The number of amides is 4. The summed E-state index contributed by atoms with van der Waals surface area (Å²) in [6, 6.07) is 25.4. The molecule has 6 rings (SSSR count). The number of rotatable bonds is 26. The number of hydrogen-bond donors (Lipinski definition) is 2. The van der Waals surface area contributed by atoms with Crippen LogP contribution in [-0.4, -0.2) is 92.7 Å². The number of benzene rings is 4. The van der Waals surface area contributed by atoms with Gasteiger partial charge in [0.05, 0.1) is 24.7 Å². The van der Waals surface area contributed by atoms with Crippen molar-refractivity contribution in [2.24, 2.45) is 0 Å². The number of carbonyl (C=O) groups is 6. The molecule has 4 amide bonds. The summed E-state index contributed by atoms with van der Waals surface area (Å²) in [6.45, 7) is 3.50. The molecule has 2 aliphatic heterocycles. The van der Waals surface area contributed by atoms with Gasteiger partial charge in [0.15, 0.2) is 11.5 Å². The monoisotopic (exact) mass is 1060 g/mol. The van der Waals surface area contributed by atoms with Gasteiger partial charge in [0, 0.05) is 12.0 Å². The molecule has 2 heterocycles. The Morgan fingerprint density at radius 3 is 1.66 bits per heavy atom. The number of halogens is 4. The van der Waals surface area contributed by atoms with Gasteiger partial charge in [0.1, 0.15) is 73.2 Å². The topological polar surface area (TPSA) is 210 Å². The Balaban J connectivity index is 0.000000272. The van der Waals surface area contributed by atoms with E-state index in [0.717, 1.165) is 40.7 Å². The summed E-state index contributed by atoms with van der Waals surface area (Å²) in [4.78, 5) is 67.6. The third-order valence-electron chi connectivity index (χ3n) is 10.5. The number of ether oxygens (including phenoxy) is 9. The minimum absolute atomic E-state index is 0.00263. The second-order valence-electron chi connectivity index (χ2n) is 15.3. The van der Waals surface area contributed by atoms with Crippen molar-refractivity contribution >= 4 is 58.8 Å². The standard InChI is InChI=1S/C25H24F3NO8S.C25H26FNO7S/c1-15(36-14-30)20(33-2)12-35-21(17-4-3-5-19(11-17)37-25(26,27)28)13-34-18-8-6-16(7-9-18)10-22-23(31)29-24(32)38-22;1-3-20(34-15-28)22(31-2)14-33-21(18-6-4-5-7-19(18)26)13-32-17-10-8-16(9-11-17)12-23-24(29)27-25(30)35-23/h3-9,11,14,21-22H,10,12-13H2,1-2H3,(H,29,31,32);4-11,15,21,23H,3,12-14H2,1-2H3,(H,27,29,30)/b20-15-;22-20-. The molecule has 390 valence electrons.